The van der Waals surface area contributed by atoms with Crippen LogP contribution < -0.4 is 5.32 Å². The third-order valence-electron chi connectivity index (χ3n) is 6.55. The van der Waals surface area contributed by atoms with Gasteiger partial charge in [-0.25, -0.2) is 0 Å². The van der Waals surface area contributed by atoms with E-state index in [4.69, 9.17) is 4.52 Å². The van der Waals surface area contributed by atoms with Crippen LogP contribution in [0.3, 0.4) is 0 Å². The lowest BCUT2D eigenvalue weighted by Gasteiger charge is -2.33. The maximum atomic E-state index is 13.1. The van der Waals surface area contributed by atoms with E-state index >= 15 is 0 Å². The Morgan fingerprint density at radius 1 is 1.19 bits per heavy atom. The number of carbonyl (C=O) groups excluding carboxylic acids is 1. The molecule has 6 heteroatoms. The number of aromatic nitrogens is 3. The van der Waals surface area contributed by atoms with Crippen LogP contribution in [0.2, 0.25) is 0 Å². The van der Waals surface area contributed by atoms with Crippen LogP contribution in [-0.2, 0) is 19.4 Å². The quantitative estimate of drug-likeness (QED) is 0.626. The van der Waals surface area contributed by atoms with Gasteiger partial charge >= 0.3 is 0 Å². The third kappa shape index (κ3) is 4.29. The molecule has 3 aromatic rings. The minimum Gasteiger partial charge on any atom is -0.360 e. The van der Waals surface area contributed by atoms with Gasteiger partial charge in [0.2, 0.25) is 0 Å². The van der Waals surface area contributed by atoms with Crippen LogP contribution in [0.25, 0.3) is 0 Å². The van der Waals surface area contributed by atoms with Crippen molar-refractivity contribution in [3.63, 3.8) is 0 Å². The van der Waals surface area contributed by atoms with E-state index in [9.17, 15) is 4.79 Å². The van der Waals surface area contributed by atoms with Gasteiger partial charge in [0, 0.05) is 12.0 Å². The molecule has 1 N–H and O–H groups in total. The molecule has 6 nitrogen and oxygen atoms in total. The second-order valence-corrected chi connectivity index (χ2v) is 9.88. The maximum absolute atomic E-state index is 13.1. The van der Waals surface area contributed by atoms with Crippen LogP contribution in [0.4, 0.5) is 5.69 Å². The van der Waals surface area contributed by atoms with Crippen molar-refractivity contribution in [2.75, 3.05) is 5.32 Å². The van der Waals surface area contributed by atoms with Gasteiger partial charge in [-0.15, -0.1) is 0 Å². The Balaban J connectivity index is 1.54. The van der Waals surface area contributed by atoms with Crippen molar-refractivity contribution in [2.24, 2.45) is 11.3 Å². The SMILES string of the molecule is Cc1ccc(Cn2nc(C)c(NC(=O)c3noc4c3C[C@H](C(C)(C)C)CC4)c2C)cc1. The number of rotatable bonds is 4. The van der Waals surface area contributed by atoms with Crippen LogP contribution in [0.15, 0.2) is 28.8 Å². The van der Waals surface area contributed by atoms with Gasteiger partial charge in [0.15, 0.2) is 5.69 Å². The molecule has 1 aromatic carbocycles. The van der Waals surface area contributed by atoms with E-state index in [1.54, 1.807) is 0 Å². The molecule has 1 atom stereocenters. The van der Waals surface area contributed by atoms with E-state index in [1.165, 1.54) is 11.1 Å². The van der Waals surface area contributed by atoms with Crippen molar-refractivity contribution < 1.29 is 9.32 Å². The van der Waals surface area contributed by atoms with Crippen LogP contribution in [0.5, 0.6) is 0 Å². The van der Waals surface area contributed by atoms with E-state index < -0.39 is 0 Å². The molecule has 0 aliphatic heterocycles. The molecule has 1 aliphatic rings. The molecule has 0 bridgehead atoms. The first-order chi connectivity index (χ1) is 14.6. The van der Waals surface area contributed by atoms with Gasteiger partial charge in [0.05, 0.1) is 23.6 Å². The summed E-state index contributed by atoms with van der Waals surface area (Å²) in [6.45, 7) is 13.4. The van der Waals surface area contributed by atoms with Crippen LogP contribution in [0.1, 0.15) is 71.5 Å². The summed E-state index contributed by atoms with van der Waals surface area (Å²) in [5, 5.41) is 11.8. The highest BCUT2D eigenvalue weighted by Gasteiger charge is 2.34. The smallest absolute Gasteiger partial charge is 0.278 e. The molecule has 1 amide bonds. The van der Waals surface area contributed by atoms with Gasteiger partial charge < -0.3 is 9.84 Å². The number of fused-ring (bicyclic) bond motifs is 1. The highest BCUT2D eigenvalue weighted by atomic mass is 16.5. The molecule has 2 heterocycles. The highest BCUT2D eigenvalue weighted by Crippen LogP contribution is 2.38. The average Bonchev–Trinajstić information content (AvgIpc) is 3.25. The van der Waals surface area contributed by atoms with Gasteiger partial charge in [-0.3, -0.25) is 9.48 Å². The number of benzene rings is 1. The molecule has 164 valence electrons. The molecule has 2 aromatic heterocycles. The second-order valence-electron chi connectivity index (χ2n) is 9.88. The molecule has 31 heavy (non-hydrogen) atoms. The largest absolute Gasteiger partial charge is 0.360 e. The zero-order valence-electron chi connectivity index (χ0n) is 19.4. The Labute approximate surface area is 184 Å². The summed E-state index contributed by atoms with van der Waals surface area (Å²) in [6, 6.07) is 8.42. The summed E-state index contributed by atoms with van der Waals surface area (Å²) in [5.74, 6) is 1.14. The Bertz CT molecular complexity index is 1100. The lowest BCUT2D eigenvalue weighted by Crippen LogP contribution is -2.27. The van der Waals surface area contributed by atoms with Gasteiger partial charge in [0.1, 0.15) is 5.76 Å². The number of anilines is 1. The summed E-state index contributed by atoms with van der Waals surface area (Å²) in [4.78, 5) is 13.1. The molecule has 0 saturated carbocycles. The lowest BCUT2D eigenvalue weighted by atomic mass is 9.71. The Kier molecular flexibility index (Phi) is 5.50. The molecule has 1 aliphatic carbocycles. The number of aryl methyl sites for hydroxylation is 3. The van der Waals surface area contributed by atoms with Gasteiger partial charge in [-0.1, -0.05) is 55.8 Å². The van der Waals surface area contributed by atoms with Crippen LogP contribution in [-0.4, -0.2) is 20.8 Å². The molecule has 4 rings (SSSR count). The van der Waals surface area contributed by atoms with E-state index in [2.05, 4.69) is 67.5 Å². The minimum atomic E-state index is -0.222. The fraction of sp³-hybridized carbons (Fsp3) is 0.480. The Morgan fingerprint density at radius 2 is 1.90 bits per heavy atom. The van der Waals surface area contributed by atoms with Crippen LogP contribution in [0, 0.1) is 32.1 Å². The van der Waals surface area contributed by atoms with E-state index in [-0.39, 0.29) is 11.3 Å². The normalized spacial score (nSPS) is 16.3. The number of hydrogen-bond donors (Lipinski definition) is 1. The van der Waals surface area contributed by atoms with Crippen molar-refractivity contribution >= 4 is 11.6 Å². The summed E-state index contributed by atoms with van der Waals surface area (Å²) in [5.41, 5.74) is 6.44. The Hall–Kier alpha value is -2.89. The third-order valence-corrected chi connectivity index (χ3v) is 6.55. The summed E-state index contributed by atoms with van der Waals surface area (Å²) < 4.78 is 7.46. The molecule has 0 saturated heterocycles. The zero-order chi connectivity index (χ0) is 22.3. The number of nitrogens with zero attached hydrogens (tertiary/aromatic N) is 3. The zero-order valence-corrected chi connectivity index (χ0v) is 19.4. The highest BCUT2D eigenvalue weighted by molar-refractivity contribution is 6.04. The second kappa shape index (κ2) is 7.98. The minimum absolute atomic E-state index is 0.188. The van der Waals surface area contributed by atoms with Crippen LogP contribution >= 0.6 is 0 Å². The average molecular weight is 421 g/mol. The van der Waals surface area contributed by atoms with E-state index in [1.807, 2.05) is 18.5 Å². The standard InChI is InChI=1S/C25H32N4O2/c1-15-7-9-18(10-8-15)14-29-17(3)22(16(2)27-29)26-24(30)23-20-13-19(25(4,5)6)11-12-21(20)31-28-23/h7-10,19H,11-14H2,1-6H3,(H,26,30)/t19-/m1/s1. The van der Waals surface area contributed by atoms with E-state index in [0.717, 1.165) is 47.7 Å². The molecule has 0 radical (unpaired) electrons. The molecule has 0 unspecified atom stereocenters. The number of amides is 1. The van der Waals surface area contributed by atoms with Crippen molar-refractivity contribution in [1.29, 1.82) is 0 Å². The number of carbonyl (C=O) groups is 1. The molecular formula is C25H32N4O2. The van der Waals surface area contributed by atoms with E-state index in [0.29, 0.717) is 18.2 Å². The first kappa shape index (κ1) is 21.3. The summed E-state index contributed by atoms with van der Waals surface area (Å²) in [7, 11) is 0. The summed E-state index contributed by atoms with van der Waals surface area (Å²) in [6.07, 6.45) is 2.73. The first-order valence-corrected chi connectivity index (χ1v) is 11.0. The van der Waals surface area contributed by atoms with Gasteiger partial charge in [-0.2, -0.15) is 5.10 Å². The van der Waals surface area contributed by atoms with Gasteiger partial charge in [0.25, 0.3) is 5.91 Å². The Morgan fingerprint density at radius 3 is 2.58 bits per heavy atom. The molecule has 0 fully saturated rings. The fourth-order valence-corrected chi connectivity index (χ4v) is 4.39. The van der Waals surface area contributed by atoms with Crippen molar-refractivity contribution in [3.8, 4) is 0 Å². The molecule has 0 spiro atoms. The lowest BCUT2D eigenvalue weighted by molar-refractivity contribution is 0.101. The fourth-order valence-electron chi connectivity index (χ4n) is 4.39. The monoisotopic (exact) mass is 420 g/mol. The van der Waals surface area contributed by atoms with Crippen molar-refractivity contribution in [1.82, 2.24) is 14.9 Å². The number of hydrogen-bond acceptors (Lipinski definition) is 4. The van der Waals surface area contributed by atoms with Gasteiger partial charge in [-0.05, 0) is 50.5 Å². The maximum Gasteiger partial charge on any atom is 0.278 e. The summed E-state index contributed by atoms with van der Waals surface area (Å²) >= 11 is 0. The van der Waals surface area contributed by atoms with Crippen molar-refractivity contribution in [3.05, 3.63) is 63.8 Å². The van der Waals surface area contributed by atoms with Crippen molar-refractivity contribution in [2.45, 2.75) is 67.3 Å². The predicted molar refractivity (Wildman–Crippen MR) is 121 cm³/mol. The number of nitrogens with one attached hydrogen (secondary N) is 1. The topological polar surface area (TPSA) is 73.0 Å². The molecular weight excluding hydrogens is 388 g/mol. The first-order valence-electron chi connectivity index (χ1n) is 11.0. The predicted octanol–water partition coefficient (Wildman–Crippen LogP) is 5.25.